The third-order valence-electron chi connectivity index (χ3n) is 6.71. The lowest BCUT2D eigenvalue weighted by atomic mass is 9.95. The fraction of sp³-hybridized carbons (Fsp3) is 0.360. The maximum atomic E-state index is 6.31. The van der Waals surface area contributed by atoms with E-state index in [1.165, 1.54) is 42.6 Å². The standard InChI is InChI=1S/C25H27ClN4S/c1-16-14-21(17(2)29(16)20-11-7-8-18(26)15-20)24-23(22-12-5-6-13-27-22)28-25(31)30(24)19-9-3-4-10-19/h5-8,11-15,19,23-24H,3-4,9-10H2,1-2H3,(H,28,31)/t23-,24+/m0/s1. The number of aryl methyl sites for hydroxylation is 1. The normalized spacial score (nSPS) is 21.6. The molecule has 0 amide bonds. The molecule has 0 bridgehead atoms. The Hall–Kier alpha value is -2.37. The van der Waals surface area contributed by atoms with Gasteiger partial charge in [-0.25, -0.2) is 0 Å². The van der Waals surface area contributed by atoms with Gasteiger partial charge in [0.2, 0.25) is 0 Å². The van der Waals surface area contributed by atoms with Gasteiger partial charge in [-0.3, -0.25) is 4.98 Å². The Morgan fingerprint density at radius 1 is 1.06 bits per heavy atom. The molecule has 4 nitrogen and oxygen atoms in total. The molecule has 2 fully saturated rings. The molecule has 0 unspecified atom stereocenters. The van der Waals surface area contributed by atoms with E-state index >= 15 is 0 Å². The average molecular weight is 451 g/mol. The van der Waals surface area contributed by atoms with Gasteiger partial charge in [0.15, 0.2) is 5.11 Å². The van der Waals surface area contributed by atoms with Crippen LogP contribution in [0.25, 0.3) is 5.69 Å². The summed E-state index contributed by atoms with van der Waals surface area (Å²) < 4.78 is 2.30. The fourth-order valence-corrected chi connectivity index (χ4v) is 5.95. The highest BCUT2D eigenvalue weighted by Gasteiger charge is 2.44. The Labute approximate surface area is 194 Å². The van der Waals surface area contributed by atoms with E-state index in [-0.39, 0.29) is 12.1 Å². The lowest BCUT2D eigenvalue weighted by molar-refractivity contribution is 0.245. The van der Waals surface area contributed by atoms with Crippen LogP contribution in [0.15, 0.2) is 54.7 Å². The highest BCUT2D eigenvalue weighted by molar-refractivity contribution is 7.80. The Morgan fingerprint density at radius 3 is 2.58 bits per heavy atom. The summed E-state index contributed by atoms with van der Waals surface area (Å²) in [6.45, 7) is 4.36. The molecule has 1 N–H and O–H groups in total. The predicted octanol–water partition coefficient (Wildman–Crippen LogP) is 6.06. The minimum Gasteiger partial charge on any atom is -0.352 e. The number of rotatable bonds is 4. The van der Waals surface area contributed by atoms with Crippen LogP contribution in [-0.2, 0) is 0 Å². The number of aromatic nitrogens is 2. The second-order valence-corrected chi connectivity index (χ2v) is 9.44. The van der Waals surface area contributed by atoms with E-state index in [4.69, 9.17) is 23.8 Å². The van der Waals surface area contributed by atoms with Gasteiger partial charge >= 0.3 is 0 Å². The summed E-state index contributed by atoms with van der Waals surface area (Å²) in [5.74, 6) is 0. The van der Waals surface area contributed by atoms with Gasteiger partial charge < -0.3 is 14.8 Å². The smallest absolute Gasteiger partial charge is 0.170 e. The molecule has 1 saturated heterocycles. The van der Waals surface area contributed by atoms with Gasteiger partial charge in [-0.1, -0.05) is 36.6 Å². The second-order valence-electron chi connectivity index (χ2n) is 8.61. The lowest BCUT2D eigenvalue weighted by Crippen LogP contribution is -2.37. The molecule has 0 spiro atoms. The molecule has 1 aromatic carbocycles. The summed E-state index contributed by atoms with van der Waals surface area (Å²) in [6, 6.07) is 17.1. The van der Waals surface area contributed by atoms with E-state index in [1.807, 2.05) is 30.5 Å². The molecule has 160 valence electrons. The summed E-state index contributed by atoms with van der Waals surface area (Å²) >= 11 is 12.2. The first kappa shape index (κ1) is 20.5. The summed E-state index contributed by atoms with van der Waals surface area (Å²) in [6.07, 6.45) is 6.80. The van der Waals surface area contributed by atoms with Crippen molar-refractivity contribution in [2.45, 2.75) is 57.7 Å². The Balaban J connectivity index is 1.64. The van der Waals surface area contributed by atoms with Crippen molar-refractivity contribution in [3.8, 4) is 5.69 Å². The third-order valence-corrected chi connectivity index (χ3v) is 7.27. The van der Waals surface area contributed by atoms with Crippen molar-refractivity contribution in [3.63, 3.8) is 0 Å². The van der Waals surface area contributed by atoms with Crippen LogP contribution in [0, 0.1) is 13.8 Å². The zero-order valence-corrected chi connectivity index (χ0v) is 19.5. The molecule has 2 aromatic heterocycles. The van der Waals surface area contributed by atoms with Gasteiger partial charge in [0.1, 0.15) is 0 Å². The Morgan fingerprint density at radius 2 is 1.87 bits per heavy atom. The summed E-state index contributed by atoms with van der Waals surface area (Å²) in [5.41, 5.74) is 5.83. The lowest BCUT2D eigenvalue weighted by Gasteiger charge is -2.33. The van der Waals surface area contributed by atoms with Crippen molar-refractivity contribution in [2.75, 3.05) is 0 Å². The van der Waals surface area contributed by atoms with Crippen LogP contribution in [0.3, 0.4) is 0 Å². The molecule has 0 radical (unpaired) electrons. The number of hydrogen-bond acceptors (Lipinski definition) is 2. The van der Waals surface area contributed by atoms with Crippen LogP contribution in [-0.4, -0.2) is 25.6 Å². The molecule has 1 aliphatic carbocycles. The van der Waals surface area contributed by atoms with Crippen molar-refractivity contribution < 1.29 is 0 Å². The number of pyridine rings is 1. The van der Waals surface area contributed by atoms with E-state index in [2.05, 4.69) is 57.9 Å². The second kappa shape index (κ2) is 8.29. The maximum absolute atomic E-state index is 6.31. The van der Waals surface area contributed by atoms with Gasteiger partial charge in [0.05, 0.1) is 17.8 Å². The Kier molecular flexibility index (Phi) is 5.49. The van der Waals surface area contributed by atoms with Crippen LogP contribution >= 0.6 is 23.8 Å². The van der Waals surface area contributed by atoms with Crippen LogP contribution < -0.4 is 5.32 Å². The van der Waals surface area contributed by atoms with Crippen molar-refractivity contribution >= 4 is 28.9 Å². The first-order valence-electron chi connectivity index (χ1n) is 11.0. The number of thiocarbonyl (C=S) groups is 1. The predicted molar refractivity (Wildman–Crippen MR) is 130 cm³/mol. The zero-order chi connectivity index (χ0) is 21.5. The number of hydrogen-bond donors (Lipinski definition) is 1. The van der Waals surface area contributed by atoms with Crippen LogP contribution in [0.1, 0.15) is 60.4 Å². The van der Waals surface area contributed by atoms with E-state index in [9.17, 15) is 0 Å². The molecule has 31 heavy (non-hydrogen) atoms. The van der Waals surface area contributed by atoms with Crippen molar-refractivity contribution in [1.82, 2.24) is 19.8 Å². The number of halogens is 1. The largest absolute Gasteiger partial charge is 0.352 e. The van der Waals surface area contributed by atoms with Gasteiger partial charge in [0, 0.05) is 34.3 Å². The quantitative estimate of drug-likeness (QED) is 0.490. The molecular weight excluding hydrogens is 424 g/mol. The highest BCUT2D eigenvalue weighted by Crippen LogP contribution is 2.44. The molecule has 2 aliphatic rings. The van der Waals surface area contributed by atoms with Gasteiger partial charge in [0.25, 0.3) is 0 Å². The van der Waals surface area contributed by atoms with Crippen molar-refractivity contribution in [1.29, 1.82) is 0 Å². The first-order chi connectivity index (χ1) is 15.0. The molecule has 6 heteroatoms. The average Bonchev–Trinajstić information content (AvgIpc) is 3.46. The van der Waals surface area contributed by atoms with Crippen LogP contribution in [0.5, 0.6) is 0 Å². The SMILES string of the molecule is Cc1cc([C@@H]2[C@H](c3ccccn3)NC(=S)N2C2CCCC2)c(C)n1-c1cccc(Cl)c1. The third kappa shape index (κ3) is 3.64. The minimum atomic E-state index is 0.0302. The van der Waals surface area contributed by atoms with Gasteiger partial charge in [-0.2, -0.15) is 0 Å². The zero-order valence-electron chi connectivity index (χ0n) is 17.9. The van der Waals surface area contributed by atoms with Crippen LogP contribution in [0.4, 0.5) is 0 Å². The van der Waals surface area contributed by atoms with E-state index in [0.717, 1.165) is 21.5 Å². The summed E-state index contributed by atoms with van der Waals surface area (Å²) in [4.78, 5) is 7.15. The van der Waals surface area contributed by atoms with Crippen LogP contribution in [0.2, 0.25) is 5.02 Å². The number of nitrogens with zero attached hydrogens (tertiary/aromatic N) is 3. The number of benzene rings is 1. The van der Waals surface area contributed by atoms with E-state index in [0.29, 0.717) is 6.04 Å². The number of nitrogens with one attached hydrogen (secondary N) is 1. The van der Waals surface area contributed by atoms with Crippen molar-refractivity contribution in [3.05, 3.63) is 82.4 Å². The summed E-state index contributed by atoms with van der Waals surface area (Å²) in [5, 5.41) is 5.21. The molecule has 1 aliphatic heterocycles. The maximum Gasteiger partial charge on any atom is 0.170 e. The van der Waals surface area contributed by atoms with Crippen molar-refractivity contribution in [2.24, 2.45) is 0 Å². The highest BCUT2D eigenvalue weighted by atomic mass is 35.5. The molecule has 2 atom stereocenters. The molecule has 3 aromatic rings. The van der Waals surface area contributed by atoms with Gasteiger partial charge in [-0.05, 0) is 80.9 Å². The molecule has 5 rings (SSSR count). The molecule has 3 heterocycles. The van der Waals surface area contributed by atoms with E-state index < -0.39 is 0 Å². The fourth-order valence-electron chi connectivity index (χ4n) is 5.37. The van der Waals surface area contributed by atoms with Gasteiger partial charge in [-0.15, -0.1) is 0 Å². The monoisotopic (exact) mass is 450 g/mol. The minimum absolute atomic E-state index is 0.0302. The summed E-state index contributed by atoms with van der Waals surface area (Å²) in [7, 11) is 0. The molecule has 1 saturated carbocycles. The topological polar surface area (TPSA) is 33.1 Å². The molecular formula is C25H27ClN4S. The van der Waals surface area contributed by atoms with E-state index in [1.54, 1.807) is 0 Å². The Bertz CT molecular complexity index is 1100. The first-order valence-corrected chi connectivity index (χ1v) is 11.8.